The Balaban J connectivity index is 1.65. The number of aliphatic hydroxyl groups excluding tert-OH is 3. The van der Waals surface area contributed by atoms with E-state index in [-0.39, 0.29) is 16.9 Å². The van der Waals surface area contributed by atoms with E-state index in [1.165, 1.54) is 39.0 Å². The Hall–Kier alpha value is -2.97. The van der Waals surface area contributed by atoms with Crippen molar-refractivity contribution in [2.24, 2.45) is 28.6 Å². The summed E-state index contributed by atoms with van der Waals surface area (Å²) >= 11 is 0. The normalized spacial score (nSPS) is 33.7. The van der Waals surface area contributed by atoms with Crippen LogP contribution < -0.4 is 0 Å². The van der Waals surface area contributed by atoms with E-state index in [1.807, 2.05) is 26.0 Å². The summed E-state index contributed by atoms with van der Waals surface area (Å²) < 4.78 is 0. The van der Waals surface area contributed by atoms with E-state index in [0.29, 0.717) is 11.1 Å². The average Bonchev–Trinajstić information content (AvgIpc) is 2.97. The summed E-state index contributed by atoms with van der Waals surface area (Å²) in [7, 11) is 0. The van der Waals surface area contributed by atoms with E-state index in [1.54, 1.807) is 27.7 Å². The van der Waals surface area contributed by atoms with Crippen LogP contribution in [0.4, 0.5) is 0 Å². The molecule has 0 saturated heterocycles. The van der Waals surface area contributed by atoms with Crippen molar-refractivity contribution in [3.63, 3.8) is 0 Å². The number of fused-ring (bicyclic) bond motifs is 3. The molecule has 1 unspecified atom stereocenters. The van der Waals surface area contributed by atoms with Crippen molar-refractivity contribution in [3.05, 3.63) is 51.5 Å². The fourth-order valence-corrected chi connectivity index (χ4v) is 9.93. The largest absolute Gasteiger partial charge is 0.511 e. The lowest BCUT2D eigenvalue weighted by Crippen LogP contribution is -2.73. The lowest BCUT2D eigenvalue weighted by molar-refractivity contribution is -0.211. The maximum absolute atomic E-state index is 14.6. The highest BCUT2D eigenvalue weighted by molar-refractivity contribution is 6.25. The predicted octanol–water partition coefficient (Wildman–Crippen LogP) is 6.91. The third-order valence-corrected chi connectivity index (χ3v) is 12.7. The number of hydrogen-bond donors (Lipinski definition) is 5. The number of Topliss-reactive ketones (excluding diaryl/α,β-unsaturated/α-hetero) is 3. The van der Waals surface area contributed by atoms with Crippen LogP contribution in [-0.2, 0) is 15.0 Å². The summed E-state index contributed by atoms with van der Waals surface area (Å²) in [5, 5.41) is 59.8. The van der Waals surface area contributed by atoms with Crippen molar-refractivity contribution in [3.8, 4) is 5.75 Å². The fourth-order valence-electron chi connectivity index (χ4n) is 9.93. The second-order valence-electron chi connectivity index (χ2n) is 16.0. The molecule has 0 radical (unpaired) electrons. The molecule has 5 rings (SSSR count). The van der Waals surface area contributed by atoms with Gasteiger partial charge in [0, 0.05) is 22.3 Å². The summed E-state index contributed by atoms with van der Waals surface area (Å²) in [5.41, 5.74) is -6.75. The molecule has 0 bridgehead atoms. The van der Waals surface area contributed by atoms with Crippen molar-refractivity contribution < 1.29 is 39.9 Å². The van der Waals surface area contributed by atoms with Crippen LogP contribution in [0.15, 0.2) is 34.8 Å². The van der Waals surface area contributed by atoms with Gasteiger partial charge in [0.05, 0.1) is 17.2 Å². The number of phenols is 1. The number of carbonyl (C=O) groups excluding carboxylic acids is 3. The number of allylic oxidation sites excluding steroid dienone is 1. The van der Waals surface area contributed by atoms with Crippen LogP contribution in [0.1, 0.15) is 134 Å². The quantitative estimate of drug-likeness (QED) is 0.203. The van der Waals surface area contributed by atoms with E-state index < -0.39 is 80.1 Å². The maximum atomic E-state index is 14.6. The van der Waals surface area contributed by atoms with Crippen molar-refractivity contribution in [2.45, 2.75) is 130 Å². The van der Waals surface area contributed by atoms with E-state index in [2.05, 4.69) is 0 Å². The van der Waals surface area contributed by atoms with Crippen LogP contribution in [0.2, 0.25) is 0 Å². The molecule has 0 amide bonds. The molecule has 252 valence electrons. The van der Waals surface area contributed by atoms with Gasteiger partial charge in [0.25, 0.3) is 0 Å². The van der Waals surface area contributed by atoms with Gasteiger partial charge < -0.3 is 25.5 Å². The Kier molecular flexibility index (Phi) is 8.46. The average molecular weight is 637 g/mol. The van der Waals surface area contributed by atoms with Gasteiger partial charge in [-0.2, -0.15) is 0 Å². The lowest BCUT2D eigenvalue weighted by Gasteiger charge is -2.63. The first-order valence-electron chi connectivity index (χ1n) is 17.1. The minimum atomic E-state index is -2.89. The molecular formula is C38H52O8. The second-order valence-corrected chi connectivity index (χ2v) is 16.0. The number of aromatic hydroxyl groups is 1. The van der Waals surface area contributed by atoms with Crippen molar-refractivity contribution in [1.82, 2.24) is 0 Å². The monoisotopic (exact) mass is 636 g/mol. The van der Waals surface area contributed by atoms with Crippen LogP contribution >= 0.6 is 0 Å². The minimum Gasteiger partial charge on any atom is -0.511 e. The summed E-state index contributed by atoms with van der Waals surface area (Å²) in [4.78, 5) is 41.2. The zero-order chi connectivity index (χ0) is 34.3. The highest BCUT2D eigenvalue weighted by Crippen LogP contribution is 2.67. The molecule has 46 heavy (non-hydrogen) atoms. The highest BCUT2D eigenvalue weighted by atomic mass is 16.4. The number of hydrogen-bond acceptors (Lipinski definition) is 8. The predicted molar refractivity (Wildman–Crippen MR) is 175 cm³/mol. The summed E-state index contributed by atoms with van der Waals surface area (Å²) in [5.74, 6) is -6.06. The molecule has 0 aliphatic heterocycles. The molecule has 1 aromatic rings. The van der Waals surface area contributed by atoms with Gasteiger partial charge in [-0.05, 0) is 42.1 Å². The van der Waals surface area contributed by atoms with Gasteiger partial charge in [-0.15, -0.1) is 0 Å². The smallest absolute Gasteiger partial charge is 0.209 e. The number of carbonyl (C=O) groups is 3. The number of phenolic OH excluding ortho intramolecular Hbond substituents is 1. The maximum Gasteiger partial charge on any atom is 0.209 e. The molecule has 8 nitrogen and oxygen atoms in total. The van der Waals surface area contributed by atoms with Gasteiger partial charge >= 0.3 is 0 Å². The molecular weight excluding hydrogens is 584 g/mol. The molecule has 4 aliphatic rings. The Morgan fingerprint density at radius 3 is 2.22 bits per heavy atom. The van der Waals surface area contributed by atoms with Crippen molar-refractivity contribution in [2.75, 3.05) is 0 Å². The van der Waals surface area contributed by atoms with Gasteiger partial charge in [-0.3, -0.25) is 14.4 Å². The van der Waals surface area contributed by atoms with Crippen LogP contribution in [-0.4, -0.2) is 54.6 Å². The molecule has 1 saturated carbocycles. The summed E-state index contributed by atoms with van der Waals surface area (Å²) in [6.07, 6.45) is 7.66. The first kappa shape index (κ1) is 34.4. The highest BCUT2D eigenvalue weighted by Gasteiger charge is 2.76. The molecule has 4 aliphatic carbocycles. The Morgan fingerprint density at radius 2 is 1.65 bits per heavy atom. The third-order valence-electron chi connectivity index (χ3n) is 12.7. The Bertz CT molecular complexity index is 1540. The van der Waals surface area contributed by atoms with Crippen molar-refractivity contribution >= 4 is 17.3 Å². The van der Waals surface area contributed by atoms with Gasteiger partial charge in [-0.25, -0.2) is 0 Å². The minimum absolute atomic E-state index is 0.0161. The second kappa shape index (κ2) is 11.3. The Labute approximate surface area is 272 Å². The van der Waals surface area contributed by atoms with Crippen LogP contribution in [0.25, 0.3) is 0 Å². The molecule has 0 spiro atoms. The van der Waals surface area contributed by atoms with Crippen molar-refractivity contribution in [1.29, 1.82) is 0 Å². The summed E-state index contributed by atoms with van der Waals surface area (Å²) in [6, 6.07) is 3.65. The third kappa shape index (κ3) is 4.42. The van der Waals surface area contributed by atoms with Gasteiger partial charge in [-0.1, -0.05) is 106 Å². The van der Waals surface area contributed by atoms with E-state index >= 15 is 0 Å². The standard InChI is InChI=1S/C38H52O8/c1-19(2)27-30(41)25(21(4)39)32(43)38(46)33(44)28-31(42)26-23(20(3)36(28,7)34(45)37(27,38)8)16-17-24(29(26)40)35(5,6)18-12-15-22-13-10-9-11-14-22/h16-17,19-20,22,27,34,40-41,44-46H,9-15,18H2,1-8H3/t20-,27?,34-,36+,37+,38+/m1/s1. The number of ketones is 3. The number of rotatable bonds is 7. The van der Waals surface area contributed by atoms with Gasteiger partial charge in [0.2, 0.25) is 5.78 Å². The first-order valence-corrected chi connectivity index (χ1v) is 17.1. The molecule has 0 aromatic heterocycles. The zero-order valence-electron chi connectivity index (χ0n) is 28.7. The van der Waals surface area contributed by atoms with E-state index in [4.69, 9.17) is 0 Å². The molecule has 8 heteroatoms. The van der Waals surface area contributed by atoms with Crippen LogP contribution in [0.5, 0.6) is 5.75 Å². The number of benzene rings is 1. The fraction of sp³-hybridized carbons (Fsp3) is 0.658. The molecule has 1 fully saturated rings. The topological polar surface area (TPSA) is 152 Å². The zero-order valence-corrected chi connectivity index (χ0v) is 28.7. The van der Waals surface area contributed by atoms with Crippen LogP contribution in [0.3, 0.4) is 0 Å². The summed E-state index contributed by atoms with van der Waals surface area (Å²) in [6.45, 7) is 13.5. The molecule has 0 heterocycles. The molecule has 6 atom stereocenters. The van der Waals surface area contributed by atoms with E-state index in [0.717, 1.165) is 32.1 Å². The number of aliphatic hydroxyl groups is 4. The lowest BCUT2D eigenvalue weighted by atomic mass is 9.41. The van der Waals surface area contributed by atoms with Crippen LogP contribution in [0, 0.1) is 28.6 Å². The first-order chi connectivity index (χ1) is 21.3. The molecule has 1 aromatic carbocycles. The SMILES string of the molecule is CC(=O)C1=C(O)C(C(C)C)[C@@]2(C)[C@H](O)[C@]3(C)C(=C(O)[C@@]2(O)C1=O)C(=O)c1c(ccc(C(C)(C)CCCC2CCCCC2)c1O)[C@H]3C. The van der Waals surface area contributed by atoms with Gasteiger partial charge in [0.1, 0.15) is 22.8 Å². The van der Waals surface area contributed by atoms with E-state index in [9.17, 15) is 39.9 Å². The molecule has 5 N–H and O–H groups in total. The Morgan fingerprint density at radius 1 is 1.04 bits per heavy atom. The van der Waals surface area contributed by atoms with Gasteiger partial charge in [0.15, 0.2) is 17.2 Å².